The van der Waals surface area contributed by atoms with Crippen molar-refractivity contribution in [1.29, 1.82) is 5.26 Å². The topological polar surface area (TPSA) is 62.1 Å². The number of para-hydroxylation sites is 1. The monoisotopic (exact) mass is 308 g/mol. The van der Waals surface area contributed by atoms with Gasteiger partial charge in [-0.2, -0.15) is 5.26 Å². The molecule has 4 nitrogen and oxygen atoms in total. The van der Waals surface area contributed by atoms with Crippen LogP contribution in [0.5, 0.6) is 5.75 Å². The lowest BCUT2D eigenvalue weighted by atomic mass is 9.99. The summed E-state index contributed by atoms with van der Waals surface area (Å²) < 4.78 is 5.27. The van der Waals surface area contributed by atoms with E-state index in [1.54, 1.807) is 7.11 Å². The number of aryl methyl sites for hydroxylation is 1. The first-order valence-electron chi connectivity index (χ1n) is 7.59. The summed E-state index contributed by atoms with van der Waals surface area (Å²) in [5, 5.41) is 12.1. The first-order chi connectivity index (χ1) is 11.2. The third-order valence-electron chi connectivity index (χ3n) is 3.72. The van der Waals surface area contributed by atoms with Gasteiger partial charge < -0.3 is 10.1 Å². The molecule has 0 aliphatic carbocycles. The Morgan fingerprint density at radius 2 is 1.91 bits per heavy atom. The molecule has 0 aromatic heterocycles. The molecule has 118 valence electrons. The number of nitriles is 1. The molecule has 0 saturated heterocycles. The van der Waals surface area contributed by atoms with Crippen molar-refractivity contribution in [1.82, 2.24) is 0 Å². The van der Waals surface area contributed by atoms with E-state index in [0.29, 0.717) is 17.9 Å². The molecule has 0 aliphatic rings. The zero-order valence-electron chi connectivity index (χ0n) is 13.4. The van der Waals surface area contributed by atoms with Gasteiger partial charge in [-0.25, -0.2) is 0 Å². The maximum Gasteiger partial charge on any atom is 0.242 e. The highest BCUT2D eigenvalue weighted by Crippen LogP contribution is 2.21. The van der Waals surface area contributed by atoms with Gasteiger partial charge >= 0.3 is 0 Å². The number of carbonyl (C=O) groups is 1. The van der Waals surface area contributed by atoms with Crippen LogP contribution in [0.15, 0.2) is 48.5 Å². The molecule has 2 aromatic rings. The number of rotatable bonds is 6. The minimum atomic E-state index is -0.767. The molecule has 0 fully saturated rings. The normalized spacial score (nSPS) is 11.3. The molecule has 0 saturated carbocycles. The average molecular weight is 308 g/mol. The Bertz CT molecular complexity index is 702. The third-order valence-corrected chi connectivity index (χ3v) is 3.72. The molecule has 0 unspecified atom stereocenters. The van der Waals surface area contributed by atoms with Crippen LogP contribution in [0.1, 0.15) is 18.1 Å². The highest BCUT2D eigenvalue weighted by Gasteiger charge is 2.20. The number of benzene rings is 2. The fourth-order valence-corrected chi connectivity index (χ4v) is 2.34. The van der Waals surface area contributed by atoms with Crippen molar-refractivity contribution in [2.45, 2.75) is 19.8 Å². The Balaban J connectivity index is 2.07. The summed E-state index contributed by atoms with van der Waals surface area (Å²) >= 11 is 0. The smallest absolute Gasteiger partial charge is 0.242 e. The molecule has 0 aliphatic heterocycles. The largest absolute Gasteiger partial charge is 0.496 e. The lowest BCUT2D eigenvalue weighted by Crippen LogP contribution is -2.23. The predicted octanol–water partition coefficient (Wildman–Crippen LogP) is 3.58. The molecule has 1 atom stereocenters. The SMILES string of the molecule is CCc1ccc(NC(=O)[C@@H](C#N)Cc2ccccc2OC)cc1. The fraction of sp³-hybridized carbons (Fsp3) is 0.263. The summed E-state index contributed by atoms with van der Waals surface area (Å²) in [7, 11) is 1.58. The first kappa shape index (κ1) is 16.6. The number of hydrogen-bond donors (Lipinski definition) is 1. The Morgan fingerprint density at radius 1 is 1.22 bits per heavy atom. The van der Waals surface area contributed by atoms with Crippen molar-refractivity contribution in [3.8, 4) is 11.8 Å². The molecule has 2 rings (SSSR count). The van der Waals surface area contributed by atoms with E-state index in [-0.39, 0.29) is 5.91 Å². The summed E-state index contributed by atoms with van der Waals surface area (Å²) in [5.74, 6) is -0.382. The van der Waals surface area contributed by atoms with Gasteiger partial charge in [-0.3, -0.25) is 4.79 Å². The van der Waals surface area contributed by atoms with Gasteiger partial charge in [-0.15, -0.1) is 0 Å². The molecule has 0 heterocycles. The van der Waals surface area contributed by atoms with E-state index in [1.165, 1.54) is 5.56 Å². The second-order valence-electron chi connectivity index (χ2n) is 5.24. The van der Waals surface area contributed by atoms with Crippen molar-refractivity contribution in [3.63, 3.8) is 0 Å². The Kier molecular flexibility index (Phi) is 5.76. The number of methoxy groups -OCH3 is 1. The molecule has 0 bridgehead atoms. The molecule has 2 aromatic carbocycles. The van der Waals surface area contributed by atoms with E-state index in [9.17, 15) is 10.1 Å². The van der Waals surface area contributed by atoms with Crippen LogP contribution in [0.2, 0.25) is 0 Å². The number of carbonyl (C=O) groups excluding carboxylic acids is 1. The quantitative estimate of drug-likeness (QED) is 0.887. The summed E-state index contributed by atoms with van der Waals surface area (Å²) in [5.41, 5.74) is 2.75. The summed E-state index contributed by atoms with van der Waals surface area (Å²) in [4.78, 5) is 12.3. The van der Waals surface area contributed by atoms with Crippen LogP contribution in [-0.4, -0.2) is 13.0 Å². The average Bonchev–Trinajstić information content (AvgIpc) is 2.60. The number of ether oxygens (including phenoxy) is 1. The van der Waals surface area contributed by atoms with E-state index in [0.717, 1.165) is 12.0 Å². The summed E-state index contributed by atoms with van der Waals surface area (Å²) in [6.45, 7) is 2.08. The van der Waals surface area contributed by atoms with Crippen molar-refractivity contribution in [3.05, 3.63) is 59.7 Å². The zero-order valence-corrected chi connectivity index (χ0v) is 13.4. The van der Waals surface area contributed by atoms with Crippen LogP contribution < -0.4 is 10.1 Å². The minimum Gasteiger partial charge on any atom is -0.496 e. The zero-order chi connectivity index (χ0) is 16.7. The molecule has 1 N–H and O–H groups in total. The number of amides is 1. The van der Waals surface area contributed by atoms with E-state index in [2.05, 4.69) is 18.3 Å². The van der Waals surface area contributed by atoms with Gasteiger partial charge in [0.15, 0.2) is 0 Å². The van der Waals surface area contributed by atoms with Gasteiger partial charge in [0, 0.05) is 12.1 Å². The Hall–Kier alpha value is -2.80. The molecule has 0 radical (unpaired) electrons. The second-order valence-corrected chi connectivity index (χ2v) is 5.24. The van der Waals surface area contributed by atoms with Crippen LogP contribution in [-0.2, 0) is 17.6 Å². The second kappa shape index (κ2) is 8.00. The van der Waals surface area contributed by atoms with Gasteiger partial charge in [0.1, 0.15) is 11.7 Å². The molecular weight excluding hydrogens is 288 g/mol. The van der Waals surface area contributed by atoms with Crippen molar-refractivity contribution in [2.75, 3.05) is 12.4 Å². The molecule has 1 amide bonds. The van der Waals surface area contributed by atoms with E-state index < -0.39 is 5.92 Å². The lowest BCUT2D eigenvalue weighted by Gasteiger charge is -2.13. The van der Waals surface area contributed by atoms with Gasteiger partial charge in [0.25, 0.3) is 0 Å². The standard InChI is InChI=1S/C19H20N2O2/c1-3-14-8-10-17(11-9-14)21-19(22)16(13-20)12-15-6-4-5-7-18(15)23-2/h4-11,16H,3,12H2,1-2H3,(H,21,22)/t16-/m1/s1. The van der Waals surface area contributed by atoms with Crippen LogP contribution in [0, 0.1) is 17.2 Å². The van der Waals surface area contributed by atoms with Crippen LogP contribution in [0.25, 0.3) is 0 Å². The van der Waals surface area contributed by atoms with Gasteiger partial charge in [0.2, 0.25) is 5.91 Å². The van der Waals surface area contributed by atoms with Crippen LogP contribution >= 0.6 is 0 Å². The number of nitrogens with zero attached hydrogens (tertiary/aromatic N) is 1. The molecule has 0 spiro atoms. The highest BCUT2D eigenvalue weighted by molar-refractivity contribution is 5.94. The van der Waals surface area contributed by atoms with Crippen LogP contribution in [0.4, 0.5) is 5.69 Å². The molecular formula is C19H20N2O2. The van der Waals surface area contributed by atoms with Gasteiger partial charge in [-0.05, 0) is 35.7 Å². The van der Waals surface area contributed by atoms with Crippen molar-refractivity contribution < 1.29 is 9.53 Å². The maximum atomic E-state index is 12.3. The third kappa shape index (κ3) is 4.33. The van der Waals surface area contributed by atoms with E-state index in [1.807, 2.05) is 48.5 Å². The fourth-order valence-electron chi connectivity index (χ4n) is 2.34. The lowest BCUT2D eigenvalue weighted by molar-refractivity contribution is -0.118. The Labute approximate surface area is 136 Å². The Morgan fingerprint density at radius 3 is 2.52 bits per heavy atom. The number of hydrogen-bond acceptors (Lipinski definition) is 3. The van der Waals surface area contributed by atoms with Gasteiger partial charge in [0.05, 0.1) is 13.2 Å². The van der Waals surface area contributed by atoms with E-state index >= 15 is 0 Å². The number of nitrogens with one attached hydrogen (secondary N) is 1. The van der Waals surface area contributed by atoms with Gasteiger partial charge in [-0.1, -0.05) is 37.3 Å². The van der Waals surface area contributed by atoms with Crippen molar-refractivity contribution in [2.24, 2.45) is 5.92 Å². The first-order valence-corrected chi connectivity index (χ1v) is 7.59. The number of anilines is 1. The minimum absolute atomic E-state index is 0.303. The summed E-state index contributed by atoms with van der Waals surface area (Å²) in [6.07, 6.45) is 1.27. The highest BCUT2D eigenvalue weighted by atomic mass is 16.5. The molecule has 23 heavy (non-hydrogen) atoms. The predicted molar refractivity (Wildman–Crippen MR) is 90.3 cm³/mol. The molecule has 4 heteroatoms. The van der Waals surface area contributed by atoms with Crippen LogP contribution in [0.3, 0.4) is 0 Å². The van der Waals surface area contributed by atoms with E-state index in [4.69, 9.17) is 4.74 Å². The summed E-state index contributed by atoms with van der Waals surface area (Å²) in [6, 6.07) is 17.1. The maximum absolute atomic E-state index is 12.3. The van der Waals surface area contributed by atoms with Crippen molar-refractivity contribution >= 4 is 11.6 Å².